The Morgan fingerprint density at radius 2 is 1.55 bits per heavy atom. The van der Waals surface area contributed by atoms with Gasteiger partial charge in [-0.25, -0.2) is 0 Å². The number of imide groups is 1. The van der Waals surface area contributed by atoms with E-state index in [1.165, 1.54) is 5.56 Å². The van der Waals surface area contributed by atoms with Gasteiger partial charge in [0, 0.05) is 64.1 Å². The van der Waals surface area contributed by atoms with E-state index in [1.807, 2.05) is 78.4 Å². The van der Waals surface area contributed by atoms with Crippen molar-refractivity contribution in [2.24, 2.45) is 0 Å². The van der Waals surface area contributed by atoms with Crippen LogP contribution in [0.5, 0.6) is 11.5 Å². The molecule has 3 aromatic carbocycles. The number of rotatable bonds is 10. The number of aryl methyl sites for hydroxylation is 1. The van der Waals surface area contributed by atoms with Crippen molar-refractivity contribution >= 4 is 29.3 Å². The first-order valence-corrected chi connectivity index (χ1v) is 21.4. The lowest BCUT2D eigenvalue weighted by molar-refractivity contribution is -0.152. The molecular formula is C47H55N7O6. The number of benzene rings is 3. The lowest BCUT2D eigenvalue weighted by Gasteiger charge is -2.45. The van der Waals surface area contributed by atoms with Gasteiger partial charge in [0.2, 0.25) is 17.7 Å². The Kier molecular flexibility index (Phi) is 12.1. The molecule has 314 valence electrons. The normalized spacial score (nSPS) is 20.4. The Labute approximate surface area is 351 Å². The predicted molar refractivity (Wildman–Crippen MR) is 227 cm³/mol. The summed E-state index contributed by atoms with van der Waals surface area (Å²) >= 11 is 0. The van der Waals surface area contributed by atoms with Crippen molar-refractivity contribution < 1.29 is 29.0 Å². The molecule has 4 aliphatic heterocycles. The summed E-state index contributed by atoms with van der Waals surface area (Å²) in [6.45, 7) is 6.41. The summed E-state index contributed by atoms with van der Waals surface area (Å²) in [5.74, 6) is 0.648. The molecule has 5 heterocycles. The lowest BCUT2D eigenvalue weighted by Crippen LogP contribution is -2.60. The van der Waals surface area contributed by atoms with Crippen molar-refractivity contribution in [2.75, 3.05) is 57.8 Å². The Morgan fingerprint density at radius 3 is 2.25 bits per heavy atom. The van der Waals surface area contributed by atoms with Gasteiger partial charge >= 0.3 is 0 Å². The molecule has 1 atom stereocenters. The van der Waals surface area contributed by atoms with Crippen LogP contribution in [0, 0.1) is 6.92 Å². The average molecular weight is 814 g/mol. The summed E-state index contributed by atoms with van der Waals surface area (Å²) in [7, 11) is 1.89. The predicted octanol–water partition coefficient (Wildman–Crippen LogP) is 5.42. The number of hydrogen-bond acceptors (Lipinski definition) is 10. The number of nitrogens with zero attached hydrogens (tertiary/aromatic N) is 6. The van der Waals surface area contributed by atoms with E-state index in [9.17, 15) is 24.3 Å². The number of likely N-dealkylation sites (N-methyl/N-ethyl adjacent to an activating group) is 1. The second-order valence-corrected chi connectivity index (χ2v) is 16.9. The second-order valence-electron chi connectivity index (χ2n) is 16.9. The molecule has 0 saturated carbocycles. The first-order valence-electron chi connectivity index (χ1n) is 21.4. The number of piperidine rings is 4. The number of para-hydroxylation sites is 2. The first kappa shape index (κ1) is 40.9. The molecule has 4 aliphatic rings. The zero-order chi connectivity index (χ0) is 41.8. The number of carbonyl (C=O) groups excluding carboxylic acids is 4. The summed E-state index contributed by atoms with van der Waals surface area (Å²) in [4.78, 5) is 60.4. The van der Waals surface area contributed by atoms with Gasteiger partial charge in [-0.05, 0) is 99.0 Å². The number of phenolic OH excluding ortho intramolecular Hbond substituents is 1. The number of hydrogen-bond donors (Lipinski definition) is 2. The molecule has 4 fully saturated rings. The van der Waals surface area contributed by atoms with Gasteiger partial charge in [-0.1, -0.05) is 54.6 Å². The van der Waals surface area contributed by atoms with E-state index < -0.39 is 5.60 Å². The molecule has 4 saturated heterocycles. The van der Waals surface area contributed by atoms with E-state index in [4.69, 9.17) is 4.74 Å². The lowest BCUT2D eigenvalue weighted by atomic mass is 9.86. The molecule has 13 nitrogen and oxygen atoms in total. The van der Waals surface area contributed by atoms with Crippen LogP contribution < -0.4 is 15.0 Å². The SMILES string of the molecule is Cc1ccccc1OC1(C(=O)N(C)C2CCN(C(=O)CN3CCC(c4ccc([C@@H]5CCC(=O)NC5=O)cc4)CC3)CC2)CCN(c2cnnc(-c3ccccc3O)c2)CC1. The highest BCUT2D eigenvalue weighted by atomic mass is 16.5. The maximum Gasteiger partial charge on any atom is 0.266 e. The van der Waals surface area contributed by atoms with Gasteiger partial charge in [-0.2, -0.15) is 10.2 Å². The summed E-state index contributed by atoms with van der Waals surface area (Å²) < 4.78 is 6.78. The summed E-state index contributed by atoms with van der Waals surface area (Å²) in [6, 6.07) is 25.1. The van der Waals surface area contributed by atoms with Crippen LogP contribution in [0.4, 0.5) is 5.69 Å². The van der Waals surface area contributed by atoms with Crippen LogP contribution in [0.25, 0.3) is 11.3 Å². The quantitative estimate of drug-likeness (QED) is 0.199. The Morgan fingerprint density at radius 1 is 0.867 bits per heavy atom. The largest absolute Gasteiger partial charge is 0.507 e. The van der Waals surface area contributed by atoms with Crippen molar-refractivity contribution in [1.82, 2.24) is 30.2 Å². The maximum absolute atomic E-state index is 14.7. The highest BCUT2D eigenvalue weighted by Crippen LogP contribution is 2.37. The molecule has 0 spiro atoms. The first-order chi connectivity index (χ1) is 29.1. The van der Waals surface area contributed by atoms with Crippen molar-refractivity contribution in [1.29, 1.82) is 0 Å². The van der Waals surface area contributed by atoms with E-state index in [0.717, 1.165) is 42.7 Å². The Bertz CT molecular complexity index is 2190. The van der Waals surface area contributed by atoms with Crippen molar-refractivity contribution in [3.63, 3.8) is 0 Å². The van der Waals surface area contributed by atoms with Gasteiger partial charge in [-0.3, -0.25) is 29.4 Å². The smallest absolute Gasteiger partial charge is 0.266 e. The monoisotopic (exact) mass is 813 g/mol. The van der Waals surface area contributed by atoms with Crippen LogP contribution in [0.3, 0.4) is 0 Å². The minimum Gasteiger partial charge on any atom is -0.507 e. The zero-order valence-corrected chi connectivity index (χ0v) is 34.6. The number of ether oxygens (including phenoxy) is 1. The number of aromatic hydroxyl groups is 1. The van der Waals surface area contributed by atoms with Gasteiger partial charge in [0.15, 0.2) is 5.60 Å². The fourth-order valence-corrected chi connectivity index (χ4v) is 9.44. The number of aromatic nitrogens is 2. The number of nitrogens with one attached hydrogen (secondary N) is 1. The van der Waals surface area contributed by atoms with E-state index in [0.29, 0.717) is 94.2 Å². The van der Waals surface area contributed by atoms with E-state index in [1.54, 1.807) is 18.3 Å². The van der Waals surface area contributed by atoms with Crippen LogP contribution in [0.1, 0.15) is 79.9 Å². The molecule has 4 aromatic rings. The Balaban J connectivity index is 0.846. The highest BCUT2D eigenvalue weighted by Gasteiger charge is 2.47. The number of likely N-dealkylation sites (tertiary alicyclic amines) is 2. The minimum atomic E-state index is -1.06. The third-order valence-electron chi connectivity index (χ3n) is 13.2. The Hall–Kier alpha value is -5.82. The van der Waals surface area contributed by atoms with Gasteiger partial charge in [0.25, 0.3) is 5.91 Å². The second kappa shape index (κ2) is 17.8. The third-order valence-corrected chi connectivity index (χ3v) is 13.2. The van der Waals surface area contributed by atoms with Crippen LogP contribution in [0.15, 0.2) is 85.1 Å². The number of anilines is 1. The van der Waals surface area contributed by atoms with Crippen molar-refractivity contribution in [3.8, 4) is 22.8 Å². The zero-order valence-electron chi connectivity index (χ0n) is 34.6. The molecule has 1 aromatic heterocycles. The minimum absolute atomic E-state index is 0.0143. The molecule has 8 rings (SSSR count). The molecular weight excluding hydrogens is 759 g/mol. The van der Waals surface area contributed by atoms with Gasteiger partial charge in [0.05, 0.1) is 30.0 Å². The van der Waals surface area contributed by atoms with E-state index in [2.05, 4.69) is 37.4 Å². The van der Waals surface area contributed by atoms with E-state index >= 15 is 0 Å². The summed E-state index contributed by atoms with van der Waals surface area (Å²) in [5.41, 5.74) is 4.16. The standard InChI is InChI=1S/C47H55N7O6/c1-32-7-3-6-10-42(32)60-47(21-27-53(28-22-47)37-29-40(50-48-30-37)39-8-4-5-9-41(39)55)46(59)51(2)36-19-25-54(26-20-36)44(57)31-52-23-17-34(18-24-52)33-11-13-35(14-12-33)38-15-16-43(56)49-45(38)58/h3-14,29-30,34,36,38,55H,15-28,31H2,1-2H3,(H,49,56,58)/t38-/m0/s1. The maximum atomic E-state index is 14.7. The molecule has 60 heavy (non-hydrogen) atoms. The van der Waals surface area contributed by atoms with Gasteiger partial charge < -0.3 is 24.5 Å². The number of amides is 4. The molecule has 0 unspecified atom stereocenters. The molecule has 0 bridgehead atoms. The summed E-state index contributed by atoms with van der Waals surface area (Å²) in [6.07, 6.45) is 6.91. The molecule has 2 N–H and O–H groups in total. The van der Waals surface area contributed by atoms with Crippen molar-refractivity contribution in [2.45, 2.75) is 81.8 Å². The molecule has 0 aliphatic carbocycles. The topological polar surface area (TPSA) is 149 Å². The highest BCUT2D eigenvalue weighted by molar-refractivity contribution is 6.01. The molecule has 0 radical (unpaired) electrons. The van der Waals surface area contributed by atoms with Crippen LogP contribution >= 0.6 is 0 Å². The summed E-state index contributed by atoms with van der Waals surface area (Å²) in [5, 5.41) is 21.4. The fraction of sp³-hybridized carbons (Fsp3) is 0.447. The van der Waals surface area contributed by atoms with Crippen LogP contribution in [-0.2, 0) is 19.2 Å². The number of carbonyl (C=O) groups is 4. The molecule has 4 amide bonds. The number of phenols is 1. The van der Waals surface area contributed by atoms with Crippen LogP contribution in [-0.4, -0.2) is 118 Å². The van der Waals surface area contributed by atoms with Crippen LogP contribution in [0.2, 0.25) is 0 Å². The fourth-order valence-electron chi connectivity index (χ4n) is 9.44. The third kappa shape index (κ3) is 8.86. The van der Waals surface area contributed by atoms with Gasteiger partial charge in [0.1, 0.15) is 11.5 Å². The van der Waals surface area contributed by atoms with Crippen molar-refractivity contribution in [3.05, 3.63) is 102 Å². The molecule has 13 heteroatoms. The van der Waals surface area contributed by atoms with E-state index in [-0.39, 0.29) is 41.3 Å². The van der Waals surface area contributed by atoms with Gasteiger partial charge in [-0.15, -0.1) is 0 Å². The average Bonchev–Trinajstić information content (AvgIpc) is 3.27.